The fourth-order valence-corrected chi connectivity index (χ4v) is 2.60. The molecule has 0 saturated heterocycles. The van der Waals surface area contributed by atoms with E-state index in [0.29, 0.717) is 5.75 Å². The maximum Gasteiger partial charge on any atom is 0.122 e. The lowest BCUT2D eigenvalue weighted by Gasteiger charge is -2.09. The number of aryl methyl sites for hydroxylation is 1. The lowest BCUT2D eigenvalue weighted by Crippen LogP contribution is -1.91. The predicted octanol–water partition coefficient (Wildman–Crippen LogP) is 4.00. The van der Waals surface area contributed by atoms with Gasteiger partial charge in [-0.3, -0.25) is 0 Å². The Hall–Kier alpha value is -1.61. The topological polar surface area (TPSA) is 29.5 Å². The van der Waals surface area contributed by atoms with Crippen LogP contribution in [0.15, 0.2) is 47.4 Å². The van der Waals surface area contributed by atoms with Gasteiger partial charge in [0.2, 0.25) is 0 Å². The number of phenolic OH excluding ortho intramolecular Hbond substituents is 1. The number of aromatic hydroxyl groups is 1. The van der Waals surface area contributed by atoms with Crippen LogP contribution in [-0.4, -0.2) is 12.2 Å². The van der Waals surface area contributed by atoms with E-state index in [9.17, 15) is 5.11 Å². The Morgan fingerprint density at radius 1 is 1.11 bits per heavy atom. The van der Waals surface area contributed by atoms with Gasteiger partial charge in [0.25, 0.3) is 0 Å². The summed E-state index contributed by atoms with van der Waals surface area (Å²) in [6.07, 6.45) is 0. The molecule has 0 saturated carbocycles. The number of ether oxygens (including phenoxy) is 1. The molecule has 0 atom stereocenters. The molecule has 0 aliphatic heterocycles. The molecule has 18 heavy (non-hydrogen) atoms. The fourth-order valence-electron chi connectivity index (χ4n) is 1.72. The van der Waals surface area contributed by atoms with E-state index < -0.39 is 0 Å². The number of rotatable bonds is 4. The number of hydrogen-bond acceptors (Lipinski definition) is 3. The zero-order chi connectivity index (χ0) is 13.0. The number of benzene rings is 2. The highest BCUT2D eigenvalue weighted by Gasteiger charge is 2.04. The minimum Gasteiger partial charge on any atom is -0.508 e. The third-order valence-corrected chi connectivity index (χ3v) is 3.73. The highest BCUT2D eigenvalue weighted by Crippen LogP contribution is 2.29. The molecule has 0 bridgehead atoms. The summed E-state index contributed by atoms with van der Waals surface area (Å²) in [7, 11) is 1.69. The van der Waals surface area contributed by atoms with Crippen LogP contribution in [0.4, 0.5) is 0 Å². The second kappa shape index (κ2) is 5.83. The highest BCUT2D eigenvalue weighted by atomic mass is 32.2. The van der Waals surface area contributed by atoms with Crippen LogP contribution in [-0.2, 0) is 5.75 Å². The van der Waals surface area contributed by atoms with Gasteiger partial charge in [-0.15, -0.1) is 11.8 Å². The first-order chi connectivity index (χ1) is 8.69. The van der Waals surface area contributed by atoms with Gasteiger partial charge < -0.3 is 9.84 Å². The normalized spacial score (nSPS) is 10.3. The monoisotopic (exact) mass is 260 g/mol. The minimum atomic E-state index is 0.299. The Kier molecular flexibility index (Phi) is 4.15. The number of phenols is 1. The lowest BCUT2D eigenvalue weighted by atomic mass is 10.1. The van der Waals surface area contributed by atoms with Gasteiger partial charge in [0.05, 0.1) is 7.11 Å². The van der Waals surface area contributed by atoms with Crippen molar-refractivity contribution in [3.8, 4) is 11.5 Å². The van der Waals surface area contributed by atoms with Gasteiger partial charge in [0.1, 0.15) is 11.5 Å². The molecule has 1 N–H and O–H groups in total. The average molecular weight is 260 g/mol. The molecule has 0 amide bonds. The van der Waals surface area contributed by atoms with E-state index >= 15 is 0 Å². The van der Waals surface area contributed by atoms with Crippen molar-refractivity contribution < 1.29 is 9.84 Å². The van der Waals surface area contributed by atoms with Crippen LogP contribution in [0.1, 0.15) is 11.1 Å². The summed E-state index contributed by atoms with van der Waals surface area (Å²) < 4.78 is 5.35. The average Bonchev–Trinajstić information content (AvgIpc) is 2.38. The van der Waals surface area contributed by atoms with Crippen molar-refractivity contribution in [3.05, 3.63) is 53.6 Å². The second-order valence-electron chi connectivity index (χ2n) is 4.10. The maximum atomic E-state index is 9.23. The van der Waals surface area contributed by atoms with Crippen LogP contribution in [0.3, 0.4) is 0 Å². The molecule has 0 aliphatic rings. The second-order valence-corrected chi connectivity index (χ2v) is 5.15. The van der Waals surface area contributed by atoms with Crippen molar-refractivity contribution in [1.82, 2.24) is 0 Å². The van der Waals surface area contributed by atoms with Crippen molar-refractivity contribution in [2.45, 2.75) is 17.6 Å². The zero-order valence-corrected chi connectivity index (χ0v) is 11.3. The largest absolute Gasteiger partial charge is 0.508 e. The molecule has 0 radical (unpaired) electrons. The van der Waals surface area contributed by atoms with E-state index in [2.05, 4.69) is 13.0 Å². The molecule has 94 valence electrons. The molecule has 2 rings (SSSR count). The number of methoxy groups -OCH3 is 1. The van der Waals surface area contributed by atoms with Crippen LogP contribution in [0.25, 0.3) is 0 Å². The molecular formula is C15H16O2S. The van der Waals surface area contributed by atoms with Gasteiger partial charge in [0, 0.05) is 16.2 Å². The van der Waals surface area contributed by atoms with Gasteiger partial charge in [-0.1, -0.05) is 17.7 Å². The quantitative estimate of drug-likeness (QED) is 0.842. The molecule has 0 heterocycles. The summed E-state index contributed by atoms with van der Waals surface area (Å²) in [6.45, 7) is 2.08. The van der Waals surface area contributed by atoms with E-state index in [4.69, 9.17) is 4.74 Å². The molecular weight excluding hydrogens is 244 g/mol. The van der Waals surface area contributed by atoms with Crippen LogP contribution in [0.2, 0.25) is 0 Å². The van der Waals surface area contributed by atoms with Crippen molar-refractivity contribution in [1.29, 1.82) is 0 Å². The molecule has 3 heteroatoms. The smallest absolute Gasteiger partial charge is 0.122 e. The van der Waals surface area contributed by atoms with Gasteiger partial charge in [-0.05, 0) is 37.3 Å². The Morgan fingerprint density at radius 2 is 1.83 bits per heavy atom. The van der Waals surface area contributed by atoms with Gasteiger partial charge in [-0.25, -0.2) is 0 Å². The standard InChI is InChI=1S/C15H16O2S/c1-11-3-8-15(17-2)12(9-11)10-18-14-6-4-13(16)5-7-14/h3-9,16H,10H2,1-2H3. The van der Waals surface area contributed by atoms with Crippen molar-refractivity contribution in [2.24, 2.45) is 0 Å². The molecule has 2 nitrogen and oxygen atoms in total. The zero-order valence-electron chi connectivity index (χ0n) is 10.5. The Labute approximate surface area is 112 Å². The summed E-state index contributed by atoms with van der Waals surface area (Å²) in [5.74, 6) is 2.08. The first-order valence-electron chi connectivity index (χ1n) is 5.74. The molecule has 2 aromatic carbocycles. The van der Waals surface area contributed by atoms with Crippen LogP contribution in [0.5, 0.6) is 11.5 Å². The Bertz CT molecular complexity index is 521. The third-order valence-electron chi connectivity index (χ3n) is 2.67. The first-order valence-corrected chi connectivity index (χ1v) is 6.73. The molecule has 0 unspecified atom stereocenters. The van der Waals surface area contributed by atoms with Gasteiger partial charge >= 0.3 is 0 Å². The molecule has 0 aromatic heterocycles. The van der Waals surface area contributed by atoms with Crippen LogP contribution < -0.4 is 4.74 Å². The van der Waals surface area contributed by atoms with Crippen molar-refractivity contribution in [2.75, 3.05) is 7.11 Å². The van der Waals surface area contributed by atoms with Crippen LogP contribution >= 0.6 is 11.8 Å². The molecule has 0 spiro atoms. The maximum absolute atomic E-state index is 9.23. The number of thioether (sulfide) groups is 1. The van der Waals surface area contributed by atoms with E-state index in [1.807, 2.05) is 24.3 Å². The van der Waals surface area contributed by atoms with Gasteiger partial charge in [0.15, 0.2) is 0 Å². The van der Waals surface area contributed by atoms with E-state index in [0.717, 1.165) is 16.4 Å². The summed E-state index contributed by atoms with van der Waals surface area (Å²) in [6, 6.07) is 13.4. The highest BCUT2D eigenvalue weighted by molar-refractivity contribution is 7.98. The minimum absolute atomic E-state index is 0.299. The third kappa shape index (κ3) is 3.20. The SMILES string of the molecule is COc1ccc(C)cc1CSc1ccc(O)cc1. The van der Waals surface area contributed by atoms with Gasteiger partial charge in [-0.2, -0.15) is 0 Å². The molecule has 0 aliphatic carbocycles. The molecule has 2 aromatic rings. The number of hydrogen-bond donors (Lipinski definition) is 1. The fraction of sp³-hybridized carbons (Fsp3) is 0.200. The Balaban J connectivity index is 2.09. The summed E-state index contributed by atoms with van der Waals surface area (Å²) in [4.78, 5) is 1.14. The summed E-state index contributed by atoms with van der Waals surface area (Å²) in [5.41, 5.74) is 2.42. The summed E-state index contributed by atoms with van der Waals surface area (Å²) >= 11 is 1.73. The molecule has 0 fully saturated rings. The van der Waals surface area contributed by atoms with Crippen molar-refractivity contribution >= 4 is 11.8 Å². The first kappa shape index (κ1) is 12.8. The van der Waals surface area contributed by atoms with Crippen molar-refractivity contribution in [3.63, 3.8) is 0 Å². The van der Waals surface area contributed by atoms with E-state index in [1.54, 1.807) is 31.0 Å². The van der Waals surface area contributed by atoms with Crippen LogP contribution in [0, 0.1) is 6.92 Å². The Morgan fingerprint density at radius 3 is 2.50 bits per heavy atom. The van der Waals surface area contributed by atoms with E-state index in [-0.39, 0.29) is 0 Å². The lowest BCUT2D eigenvalue weighted by molar-refractivity contribution is 0.411. The predicted molar refractivity (Wildman–Crippen MR) is 75.4 cm³/mol. The summed E-state index contributed by atoms with van der Waals surface area (Å²) in [5, 5.41) is 9.23. The van der Waals surface area contributed by atoms with E-state index in [1.165, 1.54) is 11.1 Å².